The normalized spacial score (nSPS) is 12.8. The minimum absolute atomic E-state index is 0.129. The Morgan fingerprint density at radius 1 is 1.00 bits per heavy atom. The summed E-state index contributed by atoms with van der Waals surface area (Å²) >= 11 is 3.27. The van der Waals surface area contributed by atoms with Crippen molar-refractivity contribution in [3.8, 4) is 11.5 Å². The summed E-state index contributed by atoms with van der Waals surface area (Å²) in [5, 5.41) is 0.495. The highest BCUT2D eigenvalue weighted by molar-refractivity contribution is 9.08. The number of hydrogen-bond acceptors (Lipinski definition) is 4. The molecule has 0 N–H and O–H groups in total. The number of benzene rings is 1. The van der Waals surface area contributed by atoms with Crippen LogP contribution >= 0.6 is 15.9 Å². The van der Waals surface area contributed by atoms with E-state index in [1.165, 1.54) is 6.20 Å². The van der Waals surface area contributed by atoms with E-state index in [1.807, 2.05) is 0 Å². The lowest BCUT2D eigenvalue weighted by Gasteiger charge is -2.37. The zero-order chi connectivity index (χ0) is 23.3. The van der Waals surface area contributed by atoms with Gasteiger partial charge in [0.25, 0.3) is 5.60 Å². The first-order chi connectivity index (χ1) is 14.5. The summed E-state index contributed by atoms with van der Waals surface area (Å²) in [6.45, 7) is 0.539. The molecule has 0 aliphatic rings. The smallest absolute Gasteiger partial charge is 0.430 e. The van der Waals surface area contributed by atoms with E-state index in [4.69, 9.17) is 4.74 Å². The van der Waals surface area contributed by atoms with Gasteiger partial charge in [0, 0.05) is 24.2 Å². The highest BCUT2D eigenvalue weighted by Gasteiger charge is 2.73. The molecule has 11 heteroatoms. The molecule has 172 valence electrons. The Bertz CT molecular complexity index is 859. The van der Waals surface area contributed by atoms with Crippen LogP contribution in [0.2, 0.25) is 0 Å². The number of pyridine rings is 1. The lowest BCUT2D eigenvalue weighted by atomic mass is 9.89. The van der Waals surface area contributed by atoms with Crippen LogP contribution in [0.5, 0.6) is 11.5 Å². The van der Waals surface area contributed by atoms with E-state index in [1.54, 1.807) is 19.2 Å². The van der Waals surface area contributed by atoms with Gasteiger partial charge in [-0.15, -0.1) is 0 Å². The van der Waals surface area contributed by atoms with Crippen LogP contribution in [0.15, 0.2) is 36.7 Å². The first kappa shape index (κ1) is 25.4. The minimum Gasteiger partial charge on any atom is -0.455 e. The van der Waals surface area contributed by atoms with Crippen LogP contribution in [-0.4, -0.2) is 31.2 Å². The topological polar surface area (TPSA) is 40.6 Å². The van der Waals surface area contributed by atoms with Gasteiger partial charge in [-0.1, -0.05) is 35.3 Å². The maximum Gasteiger partial charge on any atom is 0.430 e. The second-order valence-corrected chi connectivity index (χ2v) is 7.13. The van der Waals surface area contributed by atoms with Gasteiger partial charge in [0.1, 0.15) is 18.3 Å². The van der Waals surface area contributed by atoms with Gasteiger partial charge in [0.2, 0.25) is 0 Å². The van der Waals surface area contributed by atoms with Crippen molar-refractivity contribution < 1.29 is 40.6 Å². The number of hydrogen-bond donors (Lipinski definition) is 0. The second kappa shape index (κ2) is 10.2. The van der Waals surface area contributed by atoms with Crippen LogP contribution in [0.4, 0.5) is 26.3 Å². The Kier molecular flexibility index (Phi) is 8.34. The number of aromatic nitrogens is 1. The predicted octanol–water partition coefficient (Wildman–Crippen LogP) is 6.66. The molecule has 0 saturated carbocycles. The first-order valence-electron chi connectivity index (χ1n) is 9.07. The summed E-state index contributed by atoms with van der Waals surface area (Å²) < 4.78 is 97.1. The van der Waals surface area contributed by atoms with Gasteiger partial charge in [0.05, 0.1) is 6.20 Å². The molecule has 31 heavy (non-hydrogen) atoms. The Morgan fingerprint density at radius 2 is 1.68 bits per heavy atom. The molecule has 0 saturated heterocycles. The molecule has 0 bridgehead atoms. The zero-order valence-corrected chi connectivity index (χ0v) is 18.2. The molecule has 0 aliphatic carbocycles. The van der Waals surface area contributed by atoms with E-state index in [9.17, 15) is 26.3 Å². The number of rotatable bonds is 9. The molecule has 0 unspecified atom stereocenters. The largest absolute Gasteiger partial charge is 0.455 e. The average molecular weight is 516 g/mol. The first-order valence-corrected chi connectivity index (χ1v) is 10.2. The third kappa shape index (κ3) is 5.50. The lowest BCUT2D eigenvalue weighted by molar-refractivity contribution is -0.400. The molecular weight excluding hydrogens is 496 g/mol. The molecule has 0 atom stereocenters. The molecule has 1 heterocycles. The molecule has 0 aliphatic heterocycles. The number of methoxy groups -OCH3 is 1. The van der Waals surface area contributed by atoms with Gasteiger partial charge in [-0.25, -0.2) is 0 Å². The van der Waals surface area contributed by atoms with E-state index in [0.29, 0.717) is 23.6 Å². The Labute approximate surface area is 183 Å². The Hall–Kier alpha value is -1.85. The fourth-order valence-corrected chi connectivity index (χ4v) is 3.27. The van der Waals surface area contributed by atoms with E-state index >= 15 is 0 Å². The molecule has 2 aromatic rings. The van der Waals surface area contributed by atoms with Crippen molar-refractivity contribution in [3.05, 3.63) is 53.3 Å². The van der Waals surface area contributed by atoms with E-state index in [2.05, 4.69) is 30.4 Å². The Balaban J connectivity index is 2.60. The third-order valence-corrected chi connectivity index (χ3v) is 4.98. The monoisotopic (exact) mass is 515 g/mol. The lowest BCUT2D eigenvalue weighted by Crippen LogP contribution is -2.56. The van der Waals surface area contributed by atoms with Crippen molar-refractivity contribution in [2.24, 2.45) is 0 Å². The number of halogens is 7. The highest BCUT2D eigenvalue weighted by Crippen LogP contribution is 2.53. The van der Waals surface area contributed by atoms with E-state index in [0.717, 1.165) is 24.8 Å². The molecule has 0 amide bonds. The molecule has 0 radical (unpaired) electrons. The van der Waals surface area contributed by atoms with Crippen molar-refractivity contribution in [1.82, 2.24) is 4.98 Å². The summed E-state index contributed by atoms with van der Waals surface area (Å²) in [4.78, 5) is 4.00. The molecule has 1 aromatic heterocycles. The summed E-state index contributed by atoms with van der Waals surface area (Å²) in [6.07, 6.45) is -7.94. The van der Waals surface area contributed by atoms with Crippen molar-refractivity contribution in [3.63, 3.8) is 0 Å². The van der Waals surface area contributed by atoms with Gasteiger partial charge in [-0.3, -0.25) is 4.98 Å². The number of nitrogens with zero attached hydrogens (tertiary/aromatic N) is 1. The van der Waals surface area contributed by atoms with Gasteiger partial charge in [-0.05, 0) is 35.7 Å². The number of alkyl halides is 7. The zero-order valence-electron chi connectivity index (χ0n) is 16.6. The SMILES string of the molecule is CCCc1cc(C(OCOC)(C(F)(F)F)C(F)(F)F)ccc1Oc1cncc(CBr)c1. The van der Waals surface area contributed by atoms with Crippen LogP contribution in [0, 0.1) is 0 Å². The maximum atomic E-state index is 13.8. The van der Waals surface area contributed by atoms with Crippen LogP contribution < -0.4 is 4.74 Å². The highest BCUT2D eigenvalue weighted by atomic mass is 79.9. The van der Waals surface area contributed by atoms with E-state index in [-0.39, 0.29) is 17.7 Å². The summed E-state index contributed by atoms with van der Waals surface area (Å²) in [5.74, 6) is 0.430. The molecule has 2 rings (SSSR count). The van der Waals surface area contributed by atoms with Crippen LogP contribution in [0.1, 0.15) is 30.0 Å². The van der Waals surface area contributed by atoms with Crippen molar-refractivity contribution in [1.29, 1.82) is 0 Å². The number of ether oxygens (including phenoxy) is 3. The van der Waals surface area contributed by atoms with Gasteiger partial charge in [-0.2, -0.15) is 26.3 Å². The predicted molar refractivity (Wildman–Crippen MR) is 104 cm³/mol. The van der Waals surface area contributed by atoms with E-state index < -0.39 is 30.3 Å². The third-order valence-electron chi connectivity index (χ3n) is 4.33. The van der Waals surface area contributed by atoms with Crippen LogP contribution in [0.3, 0.4) is 0 Å². The molecule has 0 spiro atoms. The Morgan fingerprint density at radius 3 is 2.23 bits per heavy atom. The van der Waals surface area contributed by atoms with Gasteiger partial charge >= 0.3 is 12.4 Å². The second-order valence-electron chi connectivity index (χ2n) is 6.56. The molecule has 1 aromatic carbocycles. The maximum absolute atomic E-state index is 13.8. The fraction of sp³-hybridized carbons (Fsp3) is 0.450. The summed E-state index contributed by atoms with van der Waals surface area (Å²) in [6, 6.07) is 4.25. The quantitative estimate of drug-likeness (QED) is 0.212. The van der Waals surface area contributed by atoms with Gasteiger partial charge < -0.3 is 14.2 Å². The van der Waals surface area contributed by atoms with Crippen LogP contribution in [0.25, 0.3) is 0 Å². The van der Waals surface area contributed by atoms with Gasteiger partial charge in [0.15, 0.2) is 0 Å². The molecule has 0 fully saturated rings. The molecular formula is C20H20BrF6NO3. The number of aryl methyl sites for hydroxylation is 1. The summed E-state index contributed by atoms with van der Waals surface area (Å²) in [5.41, 5.74) is -4.70. The molecule has 4 nitrogen and oxygen atoms in total. The average Bonchev–Trinajstić information content (AvgIpc) is 2.68. The van der Waals surface area contributed by atoms with Crippen molar-refractivity contribution in [2.45, 2.75) is 43.0 Å². The van der Waals surface area contributed by atoms with Crippen molar-refractivity contribution >= 4 is 15.9 Å². The summed E-state index contributed by atoms with van der Waals surface area (Å²) in [7, 11) is 0.937. The minimum atomic E-state index is -5.79. The van der Waals surface area contributed by atoms with Crippen molar-refractivity contribution in [2.75, 3.05) is 13.9 Å². The fourth-order valence-electron chi connectivity index (χ4n) is 2.96. The van der Waals surface area contributed by atoms with Crippen LogP contribution in [-0.2, 0) is 26.8 Å². The standard InChI is InChI=1S/C20H20BrF6NO3/c1-3-4-14-8-15(18(19(22,23)24,20(25,26)27)30-12-29-2)5-6-17(14)31-16-7-13(9-21)10-28-11-16/h5-8,10-11H,3-4,9,12H2,1-2H3.